The van der Waals surface area contributed by atoms with Crippen molar-refractivity contribution in [2.75, 3.05) is 19.8 Å². The van der Waals surface area contributed by atoms with Gasteiger partial charge < -0.3 is 15.2 Å². The van der Waals surface area contributed by atoms with Gasteiger partial charge in [-0.1, -0.05) is 30.7 Å². The second-order valence-electron chi connectivity index (χ2n) is 5.32. The summed E-state index contributed by atoms with van der Waals surface area (Å²) in [5.41, 5.74) is 3.42. The summed E-state index contributed by atoms with van der Waals surface area (Å²) < 4.78 is 5.32. The first-order chi connectivity index (χ1) is 9.60. The molecule has 0 heterocycles. The van der Waals surface area contributed by atoms with Crippen LogP contribution in [-0.2, 0) is 4.74 Å². The molecule has 0 bridgehead atoms. The highest BCUT2D eigenvalue weighted by atomic mass is 16.5. The molecule has 2 unspecified atom stereocenters. The summed E-state index contributed by atoms with van der Waals surface area (Å²) in [4.78, 5) is 0. The van der Waals surface area contributed by atoms with Gasteiger partial charge >= 0.3 is 0 Å². The standard InChI is InChI=1S/C17H29NO2/c1-5-16(18-10-7-11-20-6-2)17(19)15-9-8-13(3)12-14(15)4/h8-9,12,16-19H,5-7,10-11H2,1-4H3. The minimum atomic E-state index is -0.451. The second kappa shape index (κ2) is 9.11. The maximum absolute atomic E-state index is 10.6. The quantitative estimate of drug-likeness (QED) is 0.682. The van der Waals surface area contributed by atoms with Crippen LogP contribution in [0, 0.1) is 13.8 Å². The lowest BCUT2D eigenvalue weighted by molar-refractivity contribution is 0.117. The lowest BCUT2D eigenvalue weighted by Gasteiger charge is -2.25. The average molecular weight is 279 g/mol. The molecule has 3 nitrogen and oxygen atoms in total. The largest absolute Gasteiger partial charge is 0.387 e. The minimum Gasteiger partial charge on any atom is -0.387 e. The van der Waals surface area contributed by atoms with E-state index in [0.717, 1.165) is 43.7 Å². The molecule has 0 saturated carbocycles. The third-order valence-electron chi connectivity index (χ3n) is 3.64. The average Bonchev–Trinajstić information content (AvgIpc) is 2.42. The number of aryl methyl sites for hydroxylation is 2. The first-order valence-electron chi connectivity index (χ1n) is 7.66. The fourth-order valence-corrected chi connectivity index (χ4v) is 2.46. The van der Waals surface area contributed by atoms with Crippen LogP contribution in [0.3, 0.4) is 0 Å². The summed E-state index contributed by atoms with van der Waals surface area (Å²) in [5.74, 6) is 0. The minimum absolute atomic E-state index is 0.0954. The second-order valence-corrected chi connectivity index (χ2v) is 5.32. The van der Waals surface area contributed by atoms with Crippen molar-refractivity contribution in [1.82, 2.24) is 5.32 Å². The first-order valence-corrected chi connectivity index (χ1v) is 7.66. The number of hydrogen-bond acceptors (Lipinski definition) is 3. The Morgan fingerprint density at radius 3 is 2.60 bits per heavy atom. The number of hydrogen-bond donors (Lipinski definition) is 2. The van der Waals surface area contributed by atoms with Gasteiger partial charge in [0.15, 0.2) is 0 Å². The van der Waals surface area contributed by atoms with Crippen molar-refractivity contribution in [2.24, 2.45) is 0 Å². The van der Waals surface area contributed by atoms with Gasteiger partial charge in [-0.2, -0.15) is 0 Å². The van der Waals surface area contributed by atoms with Crippen molar-refractivity contribution in [2.45, 2.75) is 52.7 Å². The maximum Gasteiger partial charge on any atom is 0.0945 e. The Morgan fingerprint density at radius 1 is 1.25 bits per heavy atom. The first kappa shape index (κ1) is 17.2. The Balaban J connectivity index is 2.55. The molecule has 2 N–H and O–H groups in total. The summed E-state index contributed by atoms with van der Waals surface area (Å²) in [7, 11) is 0. The molecule has 0 aromatic heterocycles. The summed E-state index contributed by atoms with van der Waals surface area (Å²) in [5, 5.41) is 14.0. The fourth-order valence-electron chi connectivity index (χ4n) is 2.46. The summed E-state index contributed by atoms with van der Waals surface area (Å²) in [6.07, 6.45) is 1.43. The zero-order valence-corrected chi connectivity index (χ0v) is 13.3. The molecule has 0 aliphatic rings. The van der Waals surface area contributed by atoms with Crippen LogP contribution in [0.25, 0.3) is 0 Å². The van der Waals surface area contributed by atoms with Crippen LogP contribution in [0.1, 0.15) is 49.5 Å². The van der Waals surface area contributed by atoms with Crippen molar-refractivity contribution in [3.63, 3.8) is 0 Å². The molecule has 0 aliphatic heterocycles. The smallest absolute Gasteiger partial charge is 0.0945 e. The Hall–Kier alpha value is -0.900. The van der Waals surface area contributed by atoms with Gasteiger partial charge in [0.2, 0.25) is 0 Å². The summed E-state index contributed by atoms with van der Waals surface area (Å²) in [6.45, 7) is 10.7. The van der Waals surface area contributed by atoms with Crippen molar-refractivity contribution >= 4 is 0 Å². The topological polar surface area (TPSA) is 41.5 Å². The lowest BCUT2D eigenvalue weighted by atomic mass is 9.95. The molecule has 114 valence electrons. The van der Waals surface area contributed by atoms with Crippen LogP contribution in [0.4, 0.5) is 0 Å². The van der Waals surface area contributed by atoms with Gasteiger partial charge in [0.1, 0.15) is 0 Å². The molecule has 3 heteroatoms. The summed E-state index contributed by atoms with van der Waals surface area (Å²) >= 11 is 0. The van der Waals surface area contributed by atoms with Gasteiger partial charge in [-0.05, 0) is 51.3 Å². The maximum atomic E-state index is 10.6. The number of aliphatic hydroxyl groups is 1. The molecule has 0 amide bonds. The van der Waals surface area contributed by atoms with Crippen molar-refractivity contribution < 1.29 is 9.84 Å². The third kappa shape index (κ3) is 5.23. The Bertz CT molecular complexity index is 393. The van der Waals surface area contributed by atoms with Crippen molar-refractivity contribution in [3.8, 4) is 0 Å². The van der Waals surface area contributed by atoms with E-state index in [2.05, 4.69) is 38.2 Å². The Morgan fingerprint density at radius 2 is 2.00 bits per heavy atom. The van der Waals surface area contributed by atoms with Gasteiger partial charge in [0.05, 0.1) is 6.10 Å². The van der Waals surface area contributed by atoms with Crippen LogP contribution < -0.4 is 5.32 Å². The van der Waals surface area contributed by atoms with E-state index in [9.17, 15) is 5.11 Å². The highest BCUT2D eigenvalue weighted by Gasteiger charge is 2.20. The third-order valence-corrected chi connectivity index (χ3v) is 3.64. The van der Waals surface area contributed by atoms with Crippen LogP contribution >= 0.6 is 0 Å². The number of ether oxygens (including phenoxy) is 1. The zero-order valence-electron chi connectivity index (χ0n) is 13.3. The molecule has 0 saturated heterocycles. The lowest BCUT2D eigenvalue weighted by Crippen LogP contribution is -2.35. The van der Waals surface area contributed by atoms with Gasteiger partial charge in [0.25, 0.3) is 0 Å². The van der Waals surface area contributed by atoms with Crippen LogP contribution in [0.5, 0.6) is 0 Å². The predicted molar refractivity (Wildman–Crippen MR) is 84.1 cm³/mol. The molecular formula is C17H29NO2. The van der Waals surface area contributed by atoms with E-state index in [0.29, 0.717) is 0 Å². The van der Waals surface area contributed by atoms with Crippen LogP contribution in [-0.4, -0.2) is 30.9 Å². The molecule has 0 radical (unpaired) electrons. The van der Waals surface area contributed by atoms with E-state index in [1.807, 2.05) is 13.0 Å². The van der Waals surface area contributed by atoms with E-state index < -0.39 is 6.10 Å². The highest BCUT2D eigenvalue weighted by Crippen LogP contribution is 2.23. The zero-order chi connectivity index (χ0) is 15.0. The van der Waals surface area contributed by atoms with Gasteiger partial charge in [-0.3, -0.25) is 0 Å². The molecule has 2 atom stereocenters. The van der Waals surface area contributed by atoms with E-state index >= 15 is 0 Å². The van der Waals surface area contributed by atoms with Gasteiger partial charge in [-0.25, -0.2) is 0 Å². The van der Waals surface area contributed by atoms with E-state index in [1.165, 1.54) is 5.56 Å². The van der Waals surface area contributed by atoms with Gasteiger partial charge in [-0.15, -0.1) is 0 Å². The van der Waals surface area contributed by atoms with Crippen molar-refractivity contribution in [3.05, 3.63) is 34.9 Å². The molecule has 0 spiro atoms. The summed E-state index contributed by atoms with van der Waals surface area (Å²) in [6, 6.07) is 6.33. The Labute approximate surface area is 123 Å². The molecule has 1 aromatic rings. The number of aliphatic hydroxyl groups excluding tert-OH is 1. The predicted octanol–water partition coefficient (Wildman–Crippen LogP) is 3.13. The molecule has 0 fully saturated rings. The molecule has 1 aromatic carbocycles. The van der Waals surface area contributed by atoms with E-state index in [1.54, 1.807) is 0 Å². The SMILES string of the molecule is CCOCCCNC(CC)C(O)c1ccc(C)cc1C. The van der Waals surface area contributed by atoms with E-state index in [4.69, 9.17) is 4.74 Å². The number of rotatable bonds is 9. The molecule has 1 rings (SSSR count). The monoisotopic (exact) mass is 279 g/mol. The Kier molecular flexibility index (Phi) is 7.82. The fraction of sp³-hybridized carbons (Fsp3) is 0.647. The normalized spacial score (nSPS) is 14.2. The van der Waals surface area contributed by atoms with Crippen LogP contribution in [0.15, 0.2) is 18.2 Å². The van der Waals surface area contributed by atoms with E-state index in [-0.39, 0.29) is 6.04 Å². The van der Waals surface area contributed by atoms with Crippen molar-refractivity contribution in [1.29, 1.82) is 0 Å². The molecular weight excluding hydrogens is 250 g/mol. The molecule has 20 heavy (non-hydrogen) atoms. The number of benzene rings is 1. The van der Waals surface area contributed by atoms with Gasteiger partial charge in [0, 0.05) is 19.3 Å². The number of nitrogens with one attached hydrogen (secondary N) is 1. The highest BCUT2D eigenvalue weighted by molar-refractivity contribution is 5.32. The molecule has 0 aliphatic carbocycles. The van der Waals surface area contributed by atoms with Crippen LogP contribution in [0.2, 0.25) is 0 Å².